The van der Waals surface area contributed by atoms with Crippen molar-refractivity contribution in [3.63, 3.8) is 0 Å². The van der Waals surface area contributed by atoms with Crippen LogP contribution in [0.5, 0.6) is 5.75 Å². The minimum atomic E-state index is -2.23. The van der Waals surface area contributed by atoms with E-state index in [9.17, 15) is 24.6 Å². The van der Waals surface area contributed by atoms with Crippen molar-refractivity contribution < 1.29 is 38.5 Å². The van der Waals surface area contributed by atoms with Crippen LogP contribution in [0.2, 0.25) is 0 Å². The Morgan fingerprint density at radius 2 is 1.95 bits per heavy atom. The van der Waals surface area contributed by atoms with Crippen molar-refractivity contribution in [3.8, 4) is 5.75 Å². The lowest BCUT2D eigenvalue weighted by Crippen LogP contribution is -2.58. The second-order valence-electron chi connectivity index (χ2n) is 9.46. The van der Waals surface area contributed by atoms with Crippen molar-refractivity contribution in [3.05, 3.63) is 64.5 Å². The van der Waals surface area contributed by atoms with Crippen molar-refractivity contribution in [1.82, 2.24) is 15.1 Å². The third-order valence-corrected chi connectivity index (χ3v) is 7.17. The van der Waals surface area contributed by atoms with Gasteiger partial charge in [0.2, 0.25) is 5.72 Å². The fourth-order valence-corrected chi connectivity index (χ4v) is 4.95. The minimum Gasteiger partial charge on any atom is -0.488 e. The van der Waals surface area contributed by atoms with Crippen LogP contribution >= 0.6 is 0 Å². The van der Waals surface area contributed by atoms with Gasteiger partial charge in [-0.15, -0.1) is 0 Å². The maximum atomic E-state index is 15.6. The molecule has 3 N–H and O–H groups in total. The summed E-state index contributed by atoms with van der Waals surface area (Å²) in [4.78, 5) is 39.4. The van der Waals surface area contributed by atoms with E-state index in [-0.39, 0.29) is 48.4 Å². The number of hydrogen-bond donors (Lipinski definition) is 3. The van der Waals surface area contributed by atoms with E-state index in [4.69, 9.17) is 9.47 Å². The van der Waals surface area contributed by atoms with Crippen LogP contribution in [0.25, 0.3) is 0 Å². The van der Waals surface area contributed by atoms with Crippen molar-refractivity contribution in [2.45, 2.75) is 37.3 Å². The Balaban J connectivity index is 1.57. The lowest BCUT2D eigenvalue weighted by Gasteiger charge is -2.40. The number of ether oxygens (including phenoxy) is 2. The minimum absolute atomic E-state index is 0.117. The van der Waals surface area contributed by atoms with E-state index < -0.39 is 29.0 Å². The Hall–Kier alpha value is -3.32. The van der Waals surface area contributed by atoms with Gasteiger partial charge in [-0.1, -0.05) is 24.3 Å². The summed E-state index contributed by atoms with van der Waals surface area (Å²) < 4.78 is 26.8. The number of halogens is 1. The number of rotatable bonds is 10. The van der Waals surface area contributed by atoms with E-state index >= 15 is 4.39 Å². The molecule has 2 amide bonds. The van der Waals surface area contributed by atoms with E-state index in [1.54, 1.807) is 43.1 Å². The molecule has 2 heterocycles. The molecule has 2 aromatic rings. The Labute approximate surface area is 220 Å². The fourth-order valence-electron chi connectivity index (χ4n) is 4.95. The van der Waals surface area contributed by atoms with Crippen LogP contribution in [0.1, 0.15) is 39.9 Å². The second-order valence-corrected chi connectivity index (χ2v) is 9.46. The zero-order valence-corrected chi connectivity index (χ0v) is 21.4. The first-order valence-corrected chi connectivity index (χ1v) is 12.4. The summed E-state index contributed by atoms with van der Waals surface area (Å²) in [5.41, 5.74) is -2.78. The highest BCUT2D eigenvalue weighted by molar-refractivity contribution is 6.14. The van der Waals surface area contributed by atoms with Crippen LogP contribution in [0.4, 0.5) is 4.39 Å². The van der Waals surface area contributed by atoms with Crippen molar-refractivity contribution in [2.75, 3.05) is 33.4 Å². The van der Waals surface area contributed by atoms with Gasteiger partial charge in [0.15, 0.2) is 7.85 Å². The van der Waals surface area contributed by atoms with Crippen LogP contribution in [-0.2, 0) is 33.1 Å². The van der Waals surface area contributed by atoms with Crippen molar-refractivity contribution in [1.29, 1.82) is 0 Å². The number of nitrogens with one attached hydrogen (secondary N) is 1. The number of fused-ring (bicyclic) bond motifs is 1. The standard InChI is InChI=1S/C26H31BFN3O7/c1-29-24(34)25(35,9-4-12-32)31-15-19-18(23(31)33)6-3-8-21(19)38-16-17-5-2-7-20(22(17)28)26(27,36)30-10-13-37-14-11-30/h2-3,5-8,12,35-36H,4,9-11,13-16,27H2,1H3,(H,29,34). The van der Waals surface area contributed by atoms with Crippen LogP contribution < -0.4 is 10.1 Å². The van der Waals surface area contributed by atoms with Gasteiger partial charge >= 0.3 is 0 Å². The van der Waals surface area contributed by atoms with E-state index in [0.29, 0.717) is 38.2 Å². The quantitative estimate of drug-likeness (QED) is 0.288. The molecule has 4 rings (SSSR count). The number of likely N-dealkylation sites (N-methyl/N-ethyl adjacent to an activating group) is 1. The molecule has 2 aliphatic rings. The predicted molar refractivity (Wildman–Crippen MR) is 136 cm³/mol. The van der Waals surface area contributed by atoms with Gasteiger partial charge < -0.3 is 29.8 Å². The largest absolute Gasteiger partial charge is 0.488 e. The summed E-state index contributed by atoms with van der Waals surface area (Å²) in [5, 5.41) is 24.6. The van der Waals surface area contributed by atoms with Gasteiger partial charge in [-0.3, -0.25) is 19.4 Å². The predicted octanol–water partition coefficient (Wildman–Crippen LogP) is -0.158. The first-order valence-electron chi connectivity index (χ1n) is 12.4. The first kappa shape index (κ1) is 27.7. The number of carbonyl (C=O) groups excluding carboxylic acids is 3. The maximum Gasteiger partial charge on any atom is 0.273 e. The van der Waals surface area contributed by atoms with Gasteiger partial charge in [-0.05, 0) is 12.1 Å². The van der Waals surface area contributed by atoms with Gasteiger partial charge in [-0.2, -0.15) is 0 Å². The third kappa shape index (κ3) is 5.04. The molecular weight excluding hydrogens is 496 g/mol. The molecule has 0 bridgehead atoms. The number of hydrogen-bond acceptors (Lipinski definition) is 8. The highest BCUT2D eigenvalue weighted by atomic mass is 19.1. The second kappa shape index (κ2) is 11.2. The molecule has 0 saturated carbocycles. The van der Waals surface area contributed by atoms with E-state index in [2.05, 4.69) is 5.32 Å². The van der Waals surface area contributed by atoms with Gasteiger partial charge in [0.25, 0.3) is 11.8 Å². The molecule has 10 nitrogen and oxygen atoms in total. The monoisotopic (exact) mass is 527 g/mol. The molecule has 1 saturated heterocycles. The molecule has 12 heteroatoms. The lowest BCUT2D eigenvalue weighted by molar-refractivity contribution is -0.159. The molecular formula is C26H31BFN3O7. The zero-order valence-electron chi connectivity index (χ0n) is 21.4. The molecule has 0 spiro atoms. The molecule has 38 heavy (non-hydrogen) atoms. The highest BCUT2D eigenvalue weighted by Crippen LogP contribution is 2.36. The molecule has 0 radical (unpaired) electrons. The summed E-state index contributed by atoms with van der Waals surface area (Å²) >= 11 is 0. The average molecular weight is 527 g/mol. The third-order valence-electron chi connectivity index (χ3n) is 7.17. The molecule has 202 valence electrons. The number of aliphatic hydroxyl groups is 2. The number of carbonyl (C=O) groups is 3. The summed E-state index contributed by atoms with van der Waals surface area (Å²) in [6, 6.07) is 9.49. The Bertz CT molecular complexity index is 1220. The SMILES string of the molecule is BC(O)(c1cccc(COc2cccc3c2CN(C(O)(CCC=O)C(=O)NC)C3=O)c1F)N1CCOCC1. The van der Waals surface area contributed by atoms with Crippen LogP contribution in [0, 0.1) is 5.82 Å². The number of amides is 2. The topological polar surface area (TPSA) is 129 Å². The molecule has 0 aromatic heterocycles. The first-order chi connectivity index (χ1) is 18.1. The number of aldehydes is 1. The van der Waals surface area contributed by atoms with E-state index in [0.717, 1.165) is 4.90 Å². The normalized spacial score (nSPS) is 18.8. The van der Waals surface area contributed by atoms with Crippen LogP contribution in [0.3, 0.4) is 0 Å². The van der Waals surface area contributed by atoms with Gasteiger partial charge in [0, 0.05) is 55.2 Å². The number of nitrogens with zero attached hydrogens (tertiary/aromatic N) is 2. The smallest absolute Gasteiger partial charge is 0.273 e. The number of benzene rings is 2. The molecule has 1 fully saturated rings. The average Bonchev–Trinajstić information content (AvgIpc) is 3.28. The van der Waals surface area contributed by atoms with Gasteiger partial charge in [-0.25, -0.2) is 4.39 Å². The fraction of sp³-hybridized carbons (Fsp3) is 0.423. The molecule has 0 aliphatic carbocycles. The zero-order chi connectivity index (χ0) is 27.5. The molecule has 2 aromatic carbocycles. The Morgan fingerprint density at radius 1 is 1.24 bits per heavy atom. The summed E-state index contributed by atoms with van der Waals surface area (Å²) in [7, 11) is 2.87. The highest BCUT2D eigenvalue weighted by Gasteiger charge is 2.48. The van der Waals surface area contributed by atoms with Crippen LogP contribution in [0.15, 0.2) is 36.4 Å². The Kier molecular flexibility index (Phi) is 8.17. The van der Waals surface area contributed by atoms with Gasteiger partial charge in [0.05, 0.1) is 19.8 Å². The molecule has 2 unspecified atom stereocenters. The molecule has 2 aliphatic heterocycles. The summed E-state index contributed by atoms with van der Waals surface area (Å²) in [5.74, 6) is -1.71. The van der Waals surface area contributed by atoms with Crippen molar-refractivity contribution >= 4 is 25.9 Å². The molecule has 2 atom stereocenters. The van der Waals surface area contributed by atoms with Crippen LogP contribution in [-0.4, -0.2) is 85.0 Å². The summed E-state index contributed by atoms with van der Waals surface area (Å²) in [6.45, 7) is 1.49. The Morgan fingerprint density at radius 3 is 2.63 bits per heavy atom. The lowest BCUT2D eigenvalue weighted by atomic mass is 9.81. The van der Waals surface area contributed by atoms with E-state index in [1.165, 1.54) is 13.1 Å². The van der Waals surface area contributed by atoms with Crippen molar-refractivity contribution in [2.24, 2.45) is 0 Å². The van der Waals surface area contributed by atoms with Gasteiger partial charge in [0.1, 0.15) is 30.1 Å². The van der Waals surface area contributed by atoms with E-state index in [1.807, 2.05) is 0 Å². The number of morpholine rings is 1. The summed E-state index contributed by atoms with van der Waals surface area (Å²) in [6.07, 6.45) is 0.166. The maximum absolute atomic E-state index is 15.6.